The molecular weight excluding hydrogens is 454 g/mol. The Bertz CT molecular complexity index is 1080. The molecule has 0 unspecified atom stereocenters. The summed E-state index contributed by atoms with van der Waals surface area (Å²) in [6.07, 6.45) is 3.05. The van der Waals surface area contributed by atoms with Crippen LogP contribution in [0.1, 0.15) is 69.4 Å². The van der Waals surface area contributed by atoms with Crippen molar-refractivity contribution in [1.82, 2.24) is 4.72 Å². The van der Waals surface area contributed by atoms with Crippen LogP contribution in [-0.2, 0) is 10.0 Å². The number of sulfonamides is 1. The molecule has 2 aromatic rings. The fraction of sp³-hybridized carbons (Fsp3) is 0.520. The predicted molar refractivity (Wildman–Crippen MR) is 135 cm³/mol. The van der Waals surface area contributed by atoms with Crippen molar-refractivity contribution in [1.29, 1.82) is 0 Å². The van der Waals surface area contributed by atoms with E-state index in [0.29, 0.717) is 24.0 Å². The Hall–Kier alpha value is -2.01. The summed E-state index contributed by atoms with van der Waals surface area (Å²) in [7, 11) is -0.224. The van der Waals surface area contributed by atoms with Crippen LogP contribution in [0.5, 0.6) is 0 Å². The monoisotopic (exact) mass is 490 g/mol. The minimum Gasteiger partial charge on any atom is -0.628 e. The molecule has 0 aliphatic carbocycles. The van der Waals surface area contributed by atoms with Gasteiger partial charge in [0.2, 0.25) is 10.0 Å². The van der Waals surface area contributed by atoms with E-state index in [9.17, 15) is 23.9 Å². The molecule has 3 N–H and O–H groups in total. The summed E-state index contributed by atoms with van der Waals surface area (Å²) in [6, 6.07) is 11.4. The highest BCUT2D eigenvalue weighted by Gasteiger charge is 2.49. The molecule has 3 rings (SSSR count). The zero-order chi connectivity index (χ0) is 25.1. The van der Waals surface area contributed by atoms with Crippen LogP contribution in [0.4, 0.5) is 11.4 Å². The molecule has 0 fully saturated rings. The first-order chi connectivity index (χ1) is 16.1. The quantitative estimate of drug-likeness (QED) is 0.465. The number of nitrogens with one attached hydrogen (secondary N) is 2. The predicted octanol–water partition coefficient (Wildman–Crippen LogP) is 3.17. The maximum Gasteiger partial charge on any atom is 0.241 e. The molecule has 0 radical (unpaired) electrons. The molecule has 0 spiro atoms. The highest BCUT2D eigenvalue weighted by Crippen LogP contribution is 2.44. The largest absolute Gasteiger partial charge is 0.628 e. The van der Waals surface area contributed by atoms with E-state index in [2.05, 4.69) is 4.72 Å². The number of quaternary nitrogens is 1. The normalized spacial score (nSPS) is 21.2. The first-order valence-corrected chi connectivity index (χ1v) is 13.4. The number of hydrogen-bond donors (Lipinski definition) is 3. The van der Waals surface area contributed by atoms with Gasteiger partial charge in [0, 0.05) is 31.8 Å². The molecule has 34 heavy (non-hydrogen) atoms. The highest BCUT2D eigenvalue weighted by molar-refractivity contribution is 7.89. The van der Waals surface area contributed by atoms with Crippen molar-refractivity contribution in [2.75, 3.05) is 19.0 Å². The number of benzene rings is 2. The van der Waals surface area contributed by atoms with Gasteiger partial charge < -0.3 is 25.6 Å². The van der Waals surface area contributed by atoms with Gasteiger partial charge in [0.05, 0.1) is 16.5 Å². The van der Waals surface area contributed by atoms with Gasteiger partial charge in [0.25, 0.3) is 0 Å². The third kappa shape index (κ3) is 5.30. The maximum atomic E-state index is 13.7. The van der Waals surface area contributed by atoms with E-state index >= 15 is 0 Å². The van der Waals surface area contributed by atoms with Crippen molar-refractivity contribution in [3.63, 3.8) is 0 Å². The summed E-state index contributed by atoms with van der Waals surface area (Å²) in [5.41, 5.74) is 0.698. The minimum absolute atomic E-state index is 0.0113. The van der Waals surface area contributed by atoms with Crippen LogP contribution in [0, 0.1) is 10.4 Å². The first-order valence-electron chi connectivity index (χ1n) is 11.9. The van der Waals surface area contributed by atoms with E-state index in [1.54, 1.807) is 30.3 Å². The number of aliphatic hydroxyl groups is 1. The Morgan fingerprint density at radius 1 is 1.06 bits per heavy atom. The van der Waals surface area contributed by atoms with E-state index in [1.165, 1.54) is 12.1 Å². The number of nitrogens with zero attached hydrogens (tertiary/aromatic N) is 1. The first kappa shape index (κ1) is 26.6. The summed E-state index contributed by atoms with van der Waals surface area (Å²) in [5, 5.41) is 33.9. The van der Waals surface area contributed by atoms with Crippen LogP contribution < -0.4 is 14.8 Å². The van der Waals surface area contributed by atoms with Crippen LogP contribution in [0.15, 0.2) is 47.4 Å². The molecule has 1 aliphatic heterocycles. The summed E-state index contributed by atoms with van der Waals surface area (Å²) in [6.45, 7) is 4.06. The van der Waals surface area contributed by atoms with E-state index < -0.39 is 32.8 Å². The molecular formula is C25H36N3O5S-. The Morgan fingerprint density at radius 2 is 1.71 bits per heavy atom. The standard InChI is InChI=1S/C25H36N3O5S/c1-5-7-14-25(15-8-6-2)24(29)23(18-10-9-11-20(16-18)28(30)31)21-17-19(27(3)4)12-13-22(21)34(32,33)26-25/h9-13,16-17,23-24,26,28-29H,5-8,14-15H2,1-4H3/q-1/t23-,24+/m1/s1. The lowest BCUT2D eigenvalue weighted by molar-refractivity contribution is -0.715. The summed E-state index contributed by atoms with van der Waals surface area (Å²) >= 11 is 0. The summed E-state index contributed by atoms with van der Waals surface area (Å²) in [4.78, 5) is 1.98. The van der Waals surface area contributed by atoms with Gasteiger partial charge in [0.1, 0.15) is 5.69 Å². The fourth-order valence-electron chi connectivity index (χ4n) is 4.90. The number of unbranched alkanes of at least 4 members (excludes halogenated alkanes) is 2. The highest BCUT2D eigenvalue weighted by atomic mass is 32.2. The molecule has 188 valence electrons. The second kappa shape index (κ2) is 10.7. The molecule has 1 heterocycles. The number of aliphatic hydroxyl groups excluding tert-OH is 1. The molecule has 9 heteroatoms. The van der Waals surface area contributed by atoms with Crippen LogP contribution in [-0.4, -0.2) is 39.3 Å². The lowest BCUT2D eigenvalue weighted by Crippen LogP contribution is -2.96. The zero-order valence-corrected chi connectivity index (χ0v) is 21.2. The second-order valence-electron chi connectivity index (χ2n) is 9.42. The van der Waals surface area contributed by atoms with Gasteiger partial charge in [0.15, 0.2) is 0 Å². The van der Waals surface area contributed by atoms with Gasteiger partial charge >= 0.3 is 0 Å². The molecule has 2 aromatic carbocycles. The van der Waals surface area contributed by atoms with Gasteiger partial charge in [-0.2, -0.15) is 0 Å². The molecule has 0 amide bonds. The lowest BCUT2D eigenvalue weighted by atomic mass is 9.73. The van der Waals surface area contributed by atoms with E-state index in [-0.39, 0.29) is 10.6 Å². The van der Waals surface area contributed by atoms with Crippen molar-refractivity contribution >= 4 is 21.4 Å². The van der Waals surface area contributed by atoms with Crippen molar-refractivity contribution in [3.8, 4) is 0 Å². The van der Waals surface area contributed by atoms with E-state index in [1.807, 2.05) is 32.8 Å². The molecule has 0 aromatic heterocycles. The fourth-order valence-corrected chi connectivity index (χ4v) is 6.62. The average Bonchev–Trinajstić information content (AvgIpc) is 2.87. The second-order valence-corrected chi connectivity index (χ2v) is 11.1. The molecule has 8 nitrogen and oxygen atoms in total. The van der Waals surface area contributed by atoms with Gasteiger partial charge in [-0.3, -0.25) is 0 Å². The molecule has 0 saturated carbocycles. The van der Waals surface area contributed by atoms with Crippen LogP contribution in [0.25, 0.3) is 0 Å². The summed E-state index contributed by atoms with van der Waals surface area (Å²) < 4.78 is 30.3. The van der Waals surface area contributed by atoms with Crippen molar-refractivity contribution in [2.45, 2.75) is 74.8 Å². The molecule has 2 atom stereocenters. The van der Waals surface area contributed by atoms with Crippen molar-refractivity contribution in [3.05, 3.63) is 64.0 Å². The maximum absolute atomic E-state index is 13.7. The Kier molecular flexibility index (Phi) is 8.38. The van der Waals surface area contributed by atoms with Gasteiger partial charge in [-0.05, 0) is 48.2 Å². The number of fused-ring (bicyclic) bond motifs is 1. The Balaban J connectivity index is 2.33. The van der Waals surface area contributed by atoms with Gasteiger partial charge in [-0.1, -0.05) is 51.7 Å². The summed E-state index contributed by atoms with van der Waals surface area (Å²) in [5.74, 6) is -0.743. The van der Waals surface area contributed by atoms with Gasteiger partial charge in [-0.25, -0.2) is 13.1 Å². The van der Waals surface area contributed by atoms with E-state index in [4.69, 9.17) is 0 Å². The lowest BCUT2D eigenvalue weighted by Gasteiger charge is -2.40. The SMILES string of the molecule is CCCCC1(CCCC)NS(=O)(=O)c2ccc(N(C)C)cc2[C@@H](c2cccc([NH+]([O-])[O-])c2)[C@@H]1O. The van der Waals surface area contributed by atoms with Crippen molar-refractivity contribution < 1.29 is 18.8 Å². The Morgan fingerprint density at radius 3 is 2.26 bits per heavy atom. The molecule has 1 aliphatic rings. The third-order valence-electron chi connectivity index (χ3n) is 6.79. The zero-order valence-electron chi connectivity index (χ0n) is 20.4. The van der Waals surface area contributed by atoms with Crippen LogP contribution >= 0.6 is 0 Å². The topological polar surface area (TPSA) is 120 Å². The third-order valence-corrected chi connectivity index (χ3v) is 8.41. The Labute approximate surface area is 202 Å². The molecule has 0 saturated heterocycles. The van der Waals surface area contributed by atoms with Crippen molar-refractivity contribution in [2.24, 2.45) is 0 Å². The molecule has 0 bridgehead atoms. The number of hydrogen-bond acceptors (Lipinski definition) is 6. The van der Waals surface area contributed by atoms with Crippen LogP contribution in [0.3, 0.4) is 0 Å². The van der Waals surface area contributed by atoms with Gasteiger partial charge in [-0.15, -0.1) is 0 Å². The van der Waals surface area contributed by atoms with E-state index in [0.717, 1.165) is 31.4 Å². The number of rotatable bonds is 9. The number of anilines is 1. The van der Waals surface area contributed by atoms with Crippen LogP contribution in [0.2, 0.25) is 0 Å². The minimum atomic E-state index is -3.95. The average molecular weight is 491 g/mol. The smallest absolute Gasteiger partial charge is 0.241 e.